The third-order valence-corrected chi connectivity index (χ3v) is 3.80. The monoisotopic (exact) mass is 340 g/mol. The largest absolute Gasteiger partial charge is 0.484 e. The van der Waals surface area contributed by atoms with Gasteiger partial charge in [-0.05, 0) is 25.1 Å². The first kappa shape index (κ1) is 15.3. The quantitative estimate of drug-likeness (QED) is 0.768. The Bertz CT molecular complexity index is 414. The number of carbonyl (C=O) groups excluding carboxylic acids is 1. The molecule has 5 heteroatoms. The molecule has 1 heterocycles. The van der Waals surface area contributed by atoms with Crippen LogP contribution in [0.1, 0.15) is 6.42 Å². The summed E-state index contributed by atoms with van der Waals surface area (Å²) in [5.41, 5.74) is 0. The van der Waals surface area contributed by atoms with Crippen molar-refractivity contribution in [2.24, 2.45) is 0 Å². The van der Waals surface area contributed by atoms with Crippen LogP contribution in [0.4, 0.5) is 0 Å². The Balaban J connectivity index is 1.77. The van der Waals surface area contributed by atoms with Gasteiger partial charge in [0, 0.05) is 31.5 Å². The third kappa shape index (κ3) is 4.80. The van der Waals surface area contributed by atoms with Gasteiger partial charge in [-0.2, -0.15) is 0 Å². The number of hydrogen-bond acceptors (Lipinski definition) is 3. The van der Waals surface area contributed by atoms with Crippen LogP contribution in [0, 0.1) is 0 Å². The molecule has 4 nitrogen and oxygen atoms in total. The van der Waals surface area contributed by atoms with Crippen molar-refractivity contribution in [3.63, 3.8) is 0 Å². The smallest absolute Gasteiger partial charge is 0.260 e. The highest BCUT2D eigenvalue weighted by Crippen LogP contribution is 2.09. The van der Waals surface area contributed by atoms with Gasteiger partial charge >= 0.3 is 0 Å². The minimum Gasteiger partial charge on any atom is -0.484 e. The summed E-state index contributed by atoms with van der Waals surface area (Å²) in [6.45, 7) is 4.81. The summed E-state index contributed by atoms with van der Waals surface area (Å²) in [6.07, 6.45) is 1.03. The number of nitrogens with zero attached hydrogens (tertiary/aromatic N) is 2. The molecule has 0 bridgehead atoms. The molecule has 1 aromatic carbocycles. The molecule has 1 amide bonds. The number of halogens is 1. The predicted molar refractivity (Wildman–Crippen MR) is 83.4 cm³/mol. The molecule has 110 valence electrons. The van der Waals surface area contributed by atoms with Crippen LogP contribution in [0.5, 0.6) is 5.75 Å². The first-order valence-corrected chi connectivity index (χ1v) is 8.15. The highest BCUT2D eigenvalue weighted by atomic mass is 79.9. The first-order chi connectivity index (χ1) is 9.79. The third-order valence-electron chi connectivity index (χ3n) is 3.45. The van der Waals surface area contributed by atoms with E-state index in [9.17, 15) is 4.79 Å². The van der Waals surface area contributed by atoms with E-state index in [1.807, 2.05) is 35.2 Å². The van der Waals surface area contributed by atoms with Crippen molar-refractivity contribution in [1.29, 1.82) is 0 Å². The number of rotatable bonds is 5. The van der Waals surface area contributed by atoms with E-state index in [1.165, 1.54) is 0 Å². The maximum atomic E-state index is 12.2. The number of alkyl halides is 1. The van der Waals surface area contributed by atoms with Gasteiger partial charge in [0.25, 0.3) is 5.91 Å². The number of amides is 1. The summed E-state index contributed by atoms with van der Waals surface area (Å²) in [7, 11) is 0. The Morgan fingerprint density at radius 1 is 1.15 bits per heavy atom. The van der Waals surface area contributed by atoms with Crippen LogP contribution in [0.2, 0.25) is 0 Å². The van der Waals surface area contributed by atoms with E-state index in [0.29, 0.717) is 0 Å². The van der Waals surface area contributed by atoms with Gasteiger partial charge in [-0.15, -0.1) is 0 Å². The zero-order valence-corrected chi connectivity index (χ0v) is 13.2. The number of carbonyl (C=O) groups is 1. The Labute approximate surface area is 128 Å². The molecule has 1 aliphatic rings. The van der Waals surface area contributed by atoms with Crippen LogP contribution in [0.15, 0.2) is 30.3 Å². The molecule has 1 fully saturated rings. The van der Waals surface area contributed by atoms with Crippen molar-refractivity contribution in [1.82, 2.24) is 9.80 Å². The molecule has 0 unspecified atom stereocenters. The average molecular weight is 341 g/mol. The SMILES string of the molecule is O=C(COc1ccccc1)N1CCCN(CCBr)CC1. The van der Waals surface area contributed by atoms with Crippen LogP contribution in [-0.4, -0.2) is 60.4 Å². The van der Waals surface area contributed by atoms with Crippen LogP contribution in [0.25, 0.3) is 0 Å². The average Bonchev–Trinajstić information content (AvgIpc) is 2.72. The zero-order chi connectivity index (χ0) is 14.2. The highest BCUT2D eigenvalue weighted by molar-refractivity contribution is 9.09. The Morgan fingerprint density at radius 3 is 2.70 bits per heavy atom. The molecular formula is C15H21BrN2O2. The molecule has 0 N–H and O–H groups in total. The molecule has 0 atom stereocenters. The highest BCUT2D eigenvalue weighted by Gasteiger charge is 2.18. The second kappa shape index (κ2) is 8.27. The van der Waals surface area contributed by atoms with E-state index in [2.05, 4.69) is 20.8 Å². The number of ether oxygens (including phenoxy) is 1. The van der Waals surface area contributed by atoms with Crippen molar-refractivity contribution in [3.8, 4) is 5.75 Å². The summed E-state index contributed by atoms with van der Waals surface area (Å²) in [5, 5.41) is 0.984. The van der Waals surface area contributed by atoms with Gasteiger partial charge in [-0.25, -0.2) is 0 Å². The first-order valence-electron chi connectivity index (χ1n) is 7.03. The van der Waals surface area contributed by atoms with E-state index >= 15 is 0 Å². The lowest BCUT2D eigenvalue weighted by Gasteiger charge is -2.21. The molecule has 0 saturated carbocycles. The Kier molecular flexibility index (Phi) is 6.33. The maximum absolute atomic E-state index is 12.2. The van der Waals surface area contributed by atoms with Crippen LogP contribution >= 0.6 is 15.9 Å². The van der Waals surface area contributed by atoms with Gasteiger partial charge in [0.15, 0.2) is 6.61 Å². The fraction of sp³-hybridized carbons (Fsp3) is 0.533. The summed E-state index contributed by atoms with van der Waals surface area (Å²) in [4.78, 5) is 16.5. The summed E-state index contributed by atoms with van der Waals surface area (Å²) >= 11 is 3.46. The summed E-state index contributed by atoms with van der Waals surface area (Å²) in [5.74, 6) is 0.825. The molecule has 20 heavy (non-hydrogen) atoms. The van der Waals surface area contributed by atoms with Crippen molar-refractivity contribution >= 4 is 21.8 Å². The van der Waals surface area contributed by atoms with Crippen molar-refractivity contribution in [2.75, 3.05) is 44.7 Å². The minimum atomic E-state index is 0.0783. The van der Waals surface area contributed by atoms with E-state index in [0.717, 1.165) is 50.2 Å². The fourth-order valence-electron chi connectivity index (χ4n) is 2.32. The fourth-order valence-corrected chi connectivity index (χ4v) is 2.82. The number of benzene rings is 1. The second-order valence-corrected chi connectivity index (χ2v) is 5.66. The van der Waals surface area contributed by atoms with Crippen LogP contribution in [0.3, 0.4) is 0 Å². The maximum Gasteiger partial charge on any atom is 0.260 e. The van der Waals surface area contributed by atoms with Gasteiger partial charge < -0.3 is 14.5 Å². The van der Waals surface area contributed by atoms with E-state index in [4.69, 9.17) is 4.74 Å². The molecule has 2 rings (SSSR count). The zero-order valence-electron chi connectivity index (χ0n) is 11.6. The van der Waals surface area contributed by atoms with Crippen molar-refractivity contribution in [3.05, 3.63) is 30.3 Å². The molecule has 1 saturated heterocycles. The van der Waals surface area contributed by atoms with Gasteiger partial charge in [-0.1, -0.05) is 34.1 Å². The van der Waals surface area contributed by atoms with Crippen LogP contribution in [-0.2, 0) is 4.79 Å². The van der Waals surface area contributed by atoms with Crippen molar-refractivity contribution in [2.45, 2.75) is 6.42 Å². The van der Waals surface area contributed by atoms with Gasteiger partial charge in [0.05, 0.1) is 0 Å². The van der Waals surface area contributed by atoms with Crippen LogP contribution < -0.4 is 4.74 Å². The molecule has 1 aromatic rings. The molecular weight excluding hydrogens is 320 g/mol. The lowest BCUT2D eigenvalue weighted by molar-refractivity contribution is -0.133. The second-order valence-electron chi connectivity index (χ2n) is 4.87. The Hall–Kier alpha value is -1.07. The Morgan fingerprint density at radius 2 is 1.95 bits per heavy atom. The molecule has 0 aromatic heterocycles. The van der Waals surface area contributed by atoms with Gasteiger partial charge in [0.1, 0.15) is 5.75 Å². The van der Waals surface area contributed by atoms with E-state index in [-0.39, 0.29) is 12.5 Å². The number of hydrogen-bond donors (Lipinski definition) is 0. The standard InChI is InChI=1S/C15H21BrN2O2/c16-7-10-17-8-4-9-18(12-11-17)15(19)13-20-14-5-2-1-3-6-14/h1-3,5-6H,4,7-13H2. The lowest BCUT2D eigenvalue weighted by Crippen LogP contribution is -2.38. The van der Waals surface area contributed by atoms with Crippen molar-refractivity contribution < 1.29 is 9.53 Å². The lowest BCUT2D eigenvalue weighted by atomic mass is 10.3. The number of para-hydroxylation sites is 1. The molecule has 0 radical (unpaired) electrons. The van der Waals surface area contributed by atoms with Gasteiger partial charge in [0.2, 0.25) is 0 Å². The summed E-state index contributed by atoms with van der Waals surface area (Å²) < 4.78 is 5.52. The predicted octanol–water partition coefficient (Wildman–Crippen LogP) is 1.99. The van der Waals surface area contributed by atoms with E-state index < -0.39 is 0 Å². The molecule has 1 aliphatic heterocycles. The topological polar surface area (TPSA) is 32.8 Å². The summed E-state index contributed by atoms with van der Waals surface area (Å²) in [6, 6.07) is 9.48. The van der Waals surface area contributed by atoms with E-state index in [1.54, 1.807) is 0 Å². The molecule has 0 spiro atoms. The normalized spacial score (nSPS) is 16.8. The molecule has 0 aliphatic carbocycles. The van der Waals surface area contributed by atoms with Gasteiger partial charge in [-0.3, -0.25) is 4.79 Å². The minimum absolute atomic E-state index is 0.0783.